The summed E-state index contributed by atoms with van der Waals surface area (Å²) in [5.41, 5.74) is 8.24. The minimum Gasteiger partial charge on any atom is -0.368 e. The lowest BCUT2D eigenvalue weighted by Gasteiger charge is -2.38. The Morgan fingerprint density at radius 1 is 1.31 bits per heavy atom. The molecule has 0 saturated carbocycles. The van der Waals surface area contributed by atoms with Crippen LogP contribution in [0.2, 0.25) is 0 Å². The van der Waals surface area contributed by atoms with E-state index < -0.39 is 17.5 Å². The van der Waals surface area contributed by atoms with Gasteiger partial charge >= 0.3 is 0 Å². The molecule has 0 fully saturated rings. The van der Waals surface area contributed by atoms with Crippen molar-refractivity contribution in [3.05, 3.63) is 35.5 Å². The zero-order chi connectivity index (χ0) is 18.9. The Bertz CT molecular complexity index is 826. The molecular weight excluding hydrogens is 328 g/mol. The number of primary amides is 1. The molecule has 1 aliphatic rings. The maximum absolute atomic E-state index is 13.2. The maximum Gasteiger partial charge on any atom is 0.241 e. The van der Waals surface area contributed by atoms with Crippen LogP contribution in [-0.4, -0.2) is 34.9 Å². The predicted molar refractivity (Wildman–Crippen MR) is 103 cm³/mol. The molecule has 6 nitrogen and oxygen atoms in total. The van der Waals surface area contributed by atoms with Crippen LogP contribution in [0.1, 0.15) is 38.4 Å². The van der Waals surface area contributed by atoms with Gasteiger partial charge in [-0.15, -0.1) is 0 Å². The van der Waals surface area contributed by atoms with E-state index in [1.54, 1.807) is 0 Å². The largest absolute Gasteiger partial charge is 0.368 e. The summed E-state index contributed by atoms with van der Waals surface area (Å²) in [6.07, 6.45) is 2.05. The third-order valence-corrected chi connectivity index (χ3v) is 5.39. The Balaban J connectivity index is 1.94. The number of hydrogen-bond acceptors (Lipinski definition) is 3. The Kier molecular flexibility index (Phi) is 5.05. The van der Waals surface area contributed by atoms with Gasteiger partial charge in [-0.3, -0.25) is 9.59 Å². The van der Waals surface area contributed by atoms with Crippen molar-refractivity contribution in [2.45, 2.75) is 51.6 Å². The molecule has 0 aliphatic heterocycles. The lowest BCUT2D eigenvalue weighted by atomic mass is 9.78. The van der Waals surface area contributed by atoms with E-state index in [-0.39, 0.29) is 11.8 Å². The first-order chi connectivity index (χ1) is 12.4. The molecule has 0 radical (unpaired) electrons. The van der Waals surface area contributed by atoms with Crippen LogP contribution in [0.4, 0.5) is 0 Å². The number of fused-ring (bicyclic) bond motifs is 3. The van der Waals surface area contributed by atoms with Gasteiger partial charge in [0.15, 0.2) is 0 Å². The smallest absolute Gasteiger partial charge is 0.241 e. The zero-order valence-corrected chi connectivity index (χ0v) is 15.7. The van der Waals surface area contributed by atoms with Crippen LogP contribution in [0, 0.1) is 5.92 Å². The summed E-state index contributed by atoms with van der Waals surface area (Å²) in [6.45, 7) is 6.43. The summed E-state index contributed by atoms with van der Waals surface area (Å²) in [5, 5.41) is 7.45. The van der Waals surface area contributed by atoms with Crippen LogP contribution in [-0.2, 0) is 22.4 Å². The molecule has 2 atom stereocenters. The van der Waals surface area contributed by atoms with Gasteiger partial charge in [-0.1, -0.05) is 39.0 Å². The van der Waals surface area contributed by atoms with Crippen LogP contribution in [0.15, 0.2) is 24.3 Å². The van der Waals surface area contributed by atoms with Gasteiger partial charge in [-0.25, -0.2) is 0 Å². The summed E-state index contributed by atoms with van der Waals surface area (Å²) in [6, 6.07) is 7.51. The number of aryl methyl sites for hydroxylation is 1. The number of hydrogen-bond donors (Lipinski definition) is 4. The highest BCUT2D eigenvalue weighted by Gasteiger charge is 2.43. The molecule has 2 amide bonds. The van der Waals surface area contributed by atoms with E-state index in [9.17, 15) is 9.59 Å². The molecule has 0 unspecified atom stereocenters. The Hall–Kier alpha value is -2.34. The van der Waals surface area contributed by atoms with Crippen molar-refractivity contribution in [2.24, 2.45) is 11.7 Å². The number of aromatic nitrogens is 1. The van der Waals surface area contributed by atoms with Crippen molar-refractivity contribution in [1.29, 1.82) is 0 Å². The fourth-order valence-corrected chi connectivity index (χ4v) is 4.01. The second-order valence-corrected chi connectivity index (χ2v) is 7.51. The highest BCUT2D eigenvalue weighted by molar-refractivity contribution is 5.93. The van der Waals surface area contributed by atoms with Gasteiger partial charge in [-0.05, 0) is 36.9 Å². The number of aromatic amines is 1. The quantitative estimate of drug-likeness (QED) is 0.633. The third-order valence-electron chi connectivity index (χ3n) is 5.39. The highest BCUT2D eigenvalue weighted by Crippen LogP contribution is 2.34. The van der Waals surface area contributed by atoms with E-state index >= 15 is 0 Å². The fraction of sp³-hybridized carbons (Fsp3) is 0.500. The molecule has 0 saturated heterocycles. The number of nitrogens with two attached hydrogens (primary N) is 1. The minimum absolute atomic E-state index is 0.0534. The monoisotopic (exact) mass is 356 g/mol. The van der Waals surface area contributed by atoms with Crippen LogP contribution < -0.4 is 16.4 Å². The van der Waals surface area contributed by atoms with Crippen molar-refractivity contribution in [3.8, 4) is 0 Å². The molecule has 5 N–H and O–H groups in total. The van der Waals surface area contributed by atoms with E-state index in [0.29, 0.717) is 19.4 Å². The summed E-state index contributed by atoms with van der Waals surface area (Å²) in [7, 11) is 0. The minimum atomic E-state index is -0.727. The van der Waals surface area contributed by atoms with E-state index in [2.05, 4.69) is 27.8 Å². The normalized spacial score (nSPS) is 20.8. The fourth-order valence-electron chi connectivity index (χ4n) is 4.01. The van der Waals surface area contributed by atoms with E-state index in [1.807, 2.05) is 32.9 Å². The van der Waals surface area contributed by atoms with Crippen LogP contribution in [0.5, 0.6) is 0 Å². The highest BCUT2D eigenvalue weighted by atomic mass is 16.2. The van der Waals surface area contributed by atoms with E-state index in [0.717, 1.165) is 17.3 Å². The number of rotatable bonds is 6. The second kappa shape index (κ2) is 7.11. The maximum atomic E-state index is 13.2. The van der Waals surface area contributed by atoms with Gasteiger partial charge in [0.2, 0.25) is 11.8 Å². The summed E-state index contributed by atoms with van der Waals surface area (Å²) >= 11 is 0. The summed E-state index contributed by atoms with van der Waals surface area (Å²) in [5.74, 6) is -0.696. The average molecular weight is 356 g/mol. The SMILES string of the molecule is CCN[C@]1(C(=O)N[C@H](C(N)=O)C(C)C)CCc2[nH]c3ccccc3c2C1. The van der Waals surface area contributed by atoms with Crippen molar-refractivity contribution < 1.29 is 9.59 Å². The Labute approximate surface area is 153 Å². The lowest BCUT2D eigenvalue weighted by Crippen LogP contribution is -2.63. The average Bonchev–Trinajstić information content (AvgIpc) is 2.97. The molecule has 1 aromatic heterocycles. The molecule has 26 heavy (non-hydrogen) atoms. The molecular formula is C20H28N4O2. The zero-order valence-electron chi connectivity index (χ0n) is 15.7. The van der Waals surface area contributed by atoms with Crippen molar-refractivity contribution in [1.82, 2.24) is 15.6 Å². The van der Waals surface area contributed by atoms with Gasteiger partial charge in [0, 0.05) is 23.0 Å². The van der Waals surface area contributed by atoms with E-state index in [4.69, 9.17) is 5.73 Å². The van der Waals surface area contributed by atoms with Crippen LogP contribution in [0.25, 0.3) is 10.9 Å². The first kappa shape index (κ1) is 18.5. The van der Waals surface area contributed by atoms with Gasteiger partial charge < -0.3 is 21.4 Å². The number of H-pyrrole nitrogens is 1. The number of likely N-dealkylation sites (N-methyl/N-ethyl adjacent to an activating group) is 1. The van der Waals surface area contributed by atoms with Crippen molar-refractivity contribution in [2.75, 3.05) is 6.54 Å². The standard InChI is InChI=1S/C20H28N4O2/c1-4-22-20(19(26)24-17(12(2)3)18(21)25)10-9-16-14(11-20)13-7-5-6-8-15(13)23-16/h5-8,12,17,22-23H,4,9-11H2,1-3H3,(H2,21,25)(H,24,26)/t17-,20+/m0/s1. The lowest BCUT2D eigenvalue weighted by molar-refractivity contribution is -0.133. The first-order valence-electron chi connectivity index (χ1n) is 9.31. The third kappa shape index (κ3) is 3.21. The number of benzene rings is 1. The van der Waals surface area contributed by atoms with Crippen LogP contribution in [0.3, 0.4) is 0 Å². The molecule has 1 heterocycles. The second-order valence-electron chi connectivity index (χ2n) is 7.51. The molecule has 1 aromatic carbocycles. The molecule has 140 valence electrons. The number of carbonyl (C=O) groups excluding carboxylic acids is 2. The Morgan fingerprint density at radius 3 is 2.69 bits per heavy atom. The molecule has 2 aromatic rings. The Morgan fingerprint density at radius 2 is 2.04 bits per heavy atom. The molecule has 1 aliphatic carbocycles. The molecule has 0 spiro atoms. The number of para-hydroxylation sites is 1. The van der Waals surface area contributed by atoms with Crippen molar-refractivity contribution in [3.63, 3.8) is 0 Å². The summed E-state index contributed by atoms with van der Waals surface area (Å²) in [4.78, 5) is 28.4. The number of nitrogens with one attached hydrogen (secondary N) is 3. The topological polar surface area (TPSA) is 100 Å². The predicted octanol–water partition coefficient (Wildman–Crippen LogP) is 1.63. The van der Waals surface area contributed by atoms with Crippen LogP contribution >= 0.6 is 0 Å². The molecule has 0 bridgehead atoms. The van der Waals surface area contributed by atoms with Crippen molar-refractivity contribution >= 4 is 22.7 Å². The van der Waals surface area contributed by atoms with Gasteiger partial charge in [0.25, 0.3) is 0 Å². The van der Waals surface area contributed by atoms with Gasteiger partial charge in [-0.2, -0.15) is 0 Å². The van der Waals surface area contributed by atoms with E-state index in [1.165, 1.54) is 11.3 Å². The van der Waals surface area contributed by atoms with Gasteiger partial charge in [0.1, 0.15) is 11.6 Å². The number of carbonyl (C=O) groups is 2. The van der Waals surface area contributed by atoms with Gasteiger partial charge in [0.05, 0.1) is 0 Å². The first-order valence-corrected chi connectivity index (χ1v) is 9.31. The molecule has 3 rings (SSSR count). The summed E-state index contributed by atoms with van der Waals surface area (Å²) < 4.78 is 0. The molecule has 6 heteroatoms. The number of amides is 2.